The summed E-state index contributed by atoms with van der Waals surface area (Å²) in [6.45, 7) is 2.04. The van der Waals surface area contributed by atoms with Gasteiger partial charge in [0, 0.05) is 4.47 Å². The van der Waals surface area contributed by atoms with E-state index in [-0.39, 0.29) is 12.4 Å². The molecule has 0 bridgehead atoms. The van der Waals surface area contributed by atoms with Gasteiger partial charge in [-0.15, -0.1) is 0 Å². The van der Waals surface area contributed by atoms with Crippen molar-refractivity contribution < 1.29 is 18.3 Å². The summed E-state index contributed by atoms with van der Waals surface area (Å²) in [6, 6.07) is 2.10. The van der Waals surface area contributed by atoms with Gasteiger partial charge in [0.25, 0.3) is 0 Å². The normalized spacial score (nSPS) is 10.8. The van der Waals surface area contributed by atoms with Crippen molar-refractivity contribution in [1.29, 1.82) is 0 Å². The molecule has 0 spiro atoms. The largest absolute Gasteiger partial charge is 0.466 e. The highest BCUT2D eigenvalue weighted by molar-refractivity contribution is 9.10. The zero-order valence-corrected chi connectivity index (χ0v) is 10.8. The summed E-state index contributed by atoms with van der Waals surface area (Å²) in [6.07, 6.45) is 3.16. The van der Waals surface area contributed by atoms with Gasteiger partial charge in [-0.1, -0.05) is 28.1 Å². The molecule has 0 atom stereocenters. The van der Waals surface area contributed by atoms with E-state index in [9.17, 15) is 13.6 Å². The Hall–Kier alpha value is -1.23. The second-order valence-electron chi connectivity index (χ2n) is 3.20. The Labute approximate surface area is 106 Å². The van der Waals surface area contributed by atoms with E-state index in [4.69, 9.17) is 4.74 Å². The molecule has 0 aliphatic rings. The first-order valence-corrected chi connectivity index (χ1v) is 5.80. The van der Waals surface area contributed by atoms with Crippen molar-refractivity contribution in [2.45, 2.75) is 13.3 Å². The number of esters is 1. The summed E-state index contributed by atoms with van der Waals surface area (Å²) in [5.74, 6) is -2.20. The topological polar surface area (TPSA) is 26.3 Å². The van der Waals surface area contributed by atoms with E-state index in [2.05, 4.69) is 15.9 Å². The Kier molecular flexibility index (Phi) is 5.28. The SMILES string of the molecule is CCOC(=O)C/C=C/c1cc(F)c(F)cc1Br. The fourth-order valence-corrected chi connectivity index (χ4v) is 1.62. The Morgan fingerprint density at radius 2 is 2.06 bits per heavy atom. The van der Waals surface area contributed by atoms with E-state index in [0.29, 0.717) is 16.6 Å². The molecule has 2 nitrogen and oxygen atoms in total. The summed E-state index contributed by atoms with van der Waals surface area (Å²) in [5.41, 5.74) is 0.466. The number of ether oxygens (including phenoxy) is 1. The molecule has 0 heterocycles. The summed E-state index contributed by atoms with van der Waals surface area (Å²) in [5, 5.41) is 0. The Morgan fingerprint density at radius 1 is 1.41 bits per heavy atom. The van der Waals surface area contributed by atoms with Crippen LogP contribution in [0.1, 0.15) is 18.9 Å². The molecule has 1 aromatic rings. The average Bonchev–Trinajstić information content (AvgIpc) is 2.26. The average molecular weight is 305 g/mol. The zero-order chi connectivity index (χ0) is 12.8. The van der Waals surface area contributed by atoms with Gasteiger partial charge in [0.05, 0.1) is 13.0 Å². The molecule has 5 heteroatoms. The lowest BCUT2D eigenvalue weighted by atomic mass is 10.2. The first-order chi connectivity index (χ1) is 8.04. The fourth-order valence-electron chi connectivity index (χ4n) is 1.17. The molecule has 0 fully saturated rings. The molecule has 0 amide bonds. The van der Waals surface area contributed by atoms with Crippen LogP contribution in [0.2, 0.25) is 0 Å². The zero-order valence-electron chi connectivity index (χ0n) is 9.17. The lowest BCUT2D eigenvalue weighted by Gasteiger charge is -2.00. The number of carbonyl (C=O) groups excluding carboxylic acids is 1. The van der Waals surface area contributed by atoms with Crippen molar-refractivity contribution in [2.24, 2.45) is 0 Å². The molecule has 0 radical (unpaired) electrons. The smallest absolute Gasteiger partial charge is 0.309 e. The van der Waals surface area contributed by atoms with Gasteiger partial charge in [-0.25, -0.2) is 8.78 Å². The molecule has 0 aliphatic carbocycles. The molecule has 0 saturated carbocycles. The first-order valence-electron chi connectivity index (χ1n) is 5.01. The van der Waals surface area contributed by atoms with Gasteiger partial charge in [0.2, 0.25) is 0 Å². The lowest BCUT2D eigenvalue weighted by Crippen LogP contribution is -2.01. The standard InChI is InChI=1S/C12H11BrF2O2/c1-2-17-12(16)5-3-4-8-6-10(14)11(15)7-9(8)13/h3-4,6-7H,2,5H2,1H3/b4-3+. The third-order valence-corrected chi connectivity index (χ3v) is 2.61. The molecule has 0 saturated heterocycles. The molecule has 0 unspecified atom stereocenters. The molecular formula is C12H11BrF2O2. The Morgan fingerprint density at radius 3 is 2.71 bits per heavy atom. The van der Waals surface area contributed by atoms with Crippen LogP contribution in [0.15, 0.2) is 22.7 Å². The van der Waals surface area contributed by atoms with Crippen LogP contribution in [0.25, 0.3) is 6.08 Å². The second kappa shape index (κ2) is 6.49. The van der Waals surface area contributed by atoms with Crippen LogP contribution in [-0.4, -0.2) is 12.6 Å². The van der Waals surface area contributed by atoms with E-state index in [0.717, 1.165) is 12.1 Å². The minimum atomic E-state index is -0.927. The third-order valence-electron chi connectivity index (χ3n) is 1.93. The van der Waals surface area contributed by atoms with E-state index >= 15 is 0 Å². The lowest BCUT2D eigenvalue weighted by molar-refractivity contribution is -0.142. The number of hydrogen-bond donors (Lipinski definition) is 0. The number of halogens is 3. The maximum Gasteiger partial charge on any atom is 0.309 e. The van der Waals surface area contributed by atoms with E-state index < -0.39 is 11.6 Å². The second-order valence-corrected chi connectivity index (χ2v) is 4.05. The molecule has 17 heavy (non-hydrogen) atoms. The third kappa shape index (κ3) is 4.26. The molecular weight excluding hydrogens is 294 g/mol. The minimum Gasteiger partial charge on any atom is -0.466 e. The summed E-state index contributed by atoms with van der Waals surface area (Å²) < 4.78 is 30.9. The summed E-state index contributed by atoms with van der Waals surface area (Å²) in [4.78, 5) is 11.0. The van der Waals surface area contributed by atoms with Gasteiger partial charge < -0.3 is 4.74 Å². The predicted molar refractivity (Wildman–Crippen MR) is 64.3 cm³/mol. The molecule has 0 aliphatic heterocycles. The van der Waals surface area contributed by atoms with Crippen molar-refractivity contribution in [2.75, 3.05) is 6.61 Å². The highest BCUT2D eigenvalue weighted by atomic mass is 79.9. The predicted octanol–water partition coefficient (Wildman–Crippen LogP) is 3.69. The Bertz CT molecular complexity index is 444. The van der Waals surface area contributed by atoms with E-state index in [1.807, 2.05) is 0 Å². The monoisotopic (exact) mass is 304 g/mol. The van der Waals surface area contributed by atoms with Crippen LogP contribution >= 0.6 is 15.9 Å². The van der Waals surface area contributed by atoms with Gasteiger partial charge in [-0.3, -0.25) is 4.79 Å². The number of carbonyl (C=O) groups is 1. The molecule has 1 rings (SSSR count). The van der Waals surface area contributed by atoms with E-state index in [1.165, 1.54) is 12.2 Å². The quantitative estimate of drug-likeness (QED) is 0.626. The maximum absolute atomic E-state index is 12.9. The number of rotatable bonds is 4. The van der Waals surface area contributed by atoms with E-state index in [1.54, 1.807) is 6.92 Å². The minimum absolute atomic E-state index is 0.0965. The maximum atomic E-state index is 12.9. The van der Waals surface area contributed by atoms with Crippen molar-refractivity contribution in [1.82, 2.24) is 0 Å². The molecule has 0 N–H and O–H groups in total. The fraction of sp³-hybridized carbons (Fsp3) is 0.250. The van der Waals surface area contributed by atoms with Crippen LogP contribution in [0.3, 0.4) is 0 Å². The molecule has 1 aromatic carbocycles. The summed E-state index contributed by atoms with van der Waals surface area (Å²) in [7, 11) is 0. The highest BCUT2D eigenvalue weighted by Crippen LogP contribution is 2.21. The van der Waals surface area contributed by atoms with Crippen molar-refractivity contribution in [3.05, 3.63) is 39.9 Å². The van der Waals surface area contributed by atoms with Crippen molar-refractivity contribution in [3.8, 4) is 0 Å². The first kappa shape index (κ1) is 13.8. The van der Waals surface area contributed by atoms with Crippen LogP contribution in [-0.2, 0) is 9.53 Å². The summed E-state index contributed by atoms with van der Waals surface area (Å²) >= 11 is 3.11. The van der Waals surface area contributed by atoms with Gasteiger partial charge in [0.15, 0.2) is 11.6 Å². The van der Waals surface area contributed by atoms with Gasteiger partial charge >= 0.3 is 5.97 Å². The number of hydrogen-bond acceptors (Lipinski definition) is 2. The number of benzene rings is 1. The van der Waals surface area contributed by atoms with Gasteiger partial charge in [-0.05, 0) is 24.6 Å². The molecule has 0 aromatic heterocycles. The van der Waals surface area contributed by atoms with Crippen LogP contribution in [0, 0.1) is 11.6 Å². The van der Waals surface area contributed by atoms with Crippen LogP contribution < -0.4 is 0 Å². The molecule has 92 valence electrons. The van der Waals surface area contributed by atoms with Gasteiger partial charge in [0.1, 0.15) is 0 Å². The van der Waals surface area contributed by atoms with Gasteiger partial charge in [-0.2, -0.15) is 0 Å². The van der Waals surface area contributed by atoms with Crippen LogP contribution in [0.5, 0.6) is 0 Å². The Balaban J connectivity index is 2.71. The van der Waals surface area contributed by atoms with Crippen molar-refractivity contribution >= 4 is 28.0 Å². The van der Waals surface area contributed by atoms with Crippen LogP contribution in [0.4, 0.5) is 8.78 Å². The highest BCUT2D eigenvalue weighted by Gasteiger charge is 2.06. The van der Waals surface area contributed by atoms with Crippen molar-refractivity contribution in [3.63, 3.8) is 0 Å².